The van der Waals surface area contributed by atoms with Crippen LogP contribution in [0.15, 0.2) is 11.4 Å². The Kier molecular flexibility index (Phi) is 4.55. The molecule has 2 aromatic rings. The van der Waals surface area contributed by atoms with Crippen molar-refractivity contribution in [3.8, 4) is 0 Å². The predicted octanol–water partition coefficient (Wildman–Crippen LogP) is 2.98. The van der Waals surface area contributed by atoms with Gasteiger partial charge in [0.15, 0.2) is 5.69 Å². The maximum absolute atomic E-state index is 12.2. The molecule has 1 atom stereocenters. The molecule has 9 heteroatoms. The Balaban J connectivity index is 2.14. The molecule has 2 N–H and O–H groups in total. The van der Waals surface area contributed by atoms with Gasteiger partial charge in [0, 0.05) is 12.4 Å². The van der Waals surface area contributed by atoms with Crippen LogP contribution in [0.3, 0.4) is 0 Å². The van der Waals surface area contributed by atoms with E-state index in [9.17, 15) is 9.59 Å². The number of halogens is 2. The van der Waals surface area contributed by atoms with E-state index in [4.69, 9.17) is 28.3 Å². The number of carboxylic acids is 1. The molecule has 1 unspecified atom stereocenters. The molecule has 0 aromatic carbocycles. The van der Waals surface area contributed by atoms with E-state index in [1.165, 1.54) is 27.4 Å². The highest BCUT2D eigenvalue weighted by Gasteiger charge is 2.20. The summed E-state index contributed by atoms with van der Waals surface area (Å²) in [6, 6.07) is 1.04. The van der Waals surface area contributed by atoms with Crippen LogP contribution in [0.25, 0.3) is 0 Å². The summed E-state index contributed by atoms with van der Waals surface area (Å²) in [6.07, 6.45) is 0. The molecule has 21 heavy (non-hydrogen) atoms. The molecule has 2 heterocycles. The number of nitrogens with one attached hydrogen (secondary N) is 1. The van der Waals surface area contributed by atoms with Crippen molar-refractivity contribution in [3.63, 3.8) is 0 Å². The second kappa shape index (κ2) is 6.05. The van der Waals surface area contributed by atoms with Crippen LogP contribution in [0, 0.1) is 0 Å². The third-order valence-electron chi connectivity index (χ3n) is 2.81. The molecular weight excluding hydrogens is 337 g/mol. The highest BCUT2D eigenvalue weighted by Crippen LogP contribution is 2.26. The standard InChI is InChI=1S/C12H11Cl2N3O3S/c1-5(11-16-7(4-21-11)12(19)20)15-10(18)8-3-6(13)9(14)17(8)2/h3-5H,1-2H3,(H,15,18)(H,19,20). The molecule has 0 spiro atoms. The number of hydrogen-bond acceptors (Lipinski definition) is 4. The van der Waals surface area contributed by atoms with Crippen LogP contribution in [-0.2, 0) is 7.05 Å². The van der Waals surface area contributed by atoms with Gasteiger partial charge >= 0.3 is 5.97 Å². The van der Waals surface area contributed by atoms with E-state index >= 15 is 0 Å². The fraction of sp³-hybridized carbons (Fsp3) is 0.250. The minimum Gasteiger partial charge on any atom is -0.476 e. The van der Waals surface area contributed by atoms with Gasteiger partial charge in [-0.2, -0.15) is 0 Å². The lowest BCUT2D eigenvalue weighted by molar-refractivity contribution is 0.0691. The Labute approximate surface area is 134 Å². The van der Waals surface area contributed by atoms with Gasteiger partial charge in [0.1, 0.15) is 15.9 Å². The van der Waals surface area contributed by atoms with E-state index < -0.39 is 12.0 Å². The van der Waals surface area contributed by atoms with Crippen LogP contribution in [0.1, 0.15) is 39.0 Å². The van der Waals surface area contributed by atoms with Gasteiger partial charge < -0.3 is 15.0 Å². The Morgan fingerprint density at radius 2 is 2.14 bits per heavy atom. The minimum atomic E-state index is -1.10. The first-order chi connectivity index (χ1) is 9.81. The Bertz CT molecular complexity index is 711. The van der Waals surface area contributed by atoms with Crippen LogP contribution in [0.5, 0.6) is 0 Å². The SMILES string of the molecule is CC(NC(=O)c1cc(Cl)c(Cl)n1C)c1nc(C(=O)O)cs1. The van der Waals surface area contributed by atoms with Crippen molar-refractivity contribution in [1.29, 1.82) is 0 Å². The molecule has 2 rings (SSSR count). The molecular formula is C12H11Cl2N3O3S. The summed E-state index contributed by atoms with van der Waals surface area (Å²) in [6.45, 7) is 1.72. The zero-order valence-electron chi connectivity index (χ0n) is 11.1. The van der Waals surface area contributed by atoms with Crippen molar-refractivity contribution in [1.82, 2.24) is 14.9 Å². The topological polar surface area (TPSA) is 84.2 Å². The molecule has 0 aliphatic heterocycles. The van der Waals surface area contributed by atoms with E-state index in [2.05, 4.69) is 10.3 Å². The number of nitrogens with zero attached hydrogens (tertiary/aromatic N) is 2. The van der Waals surface area contributed by atoms with Gasteiger partial charge in [0.25, 0.3) is 5.91 Å². The lowest BCUT2D eigenvalue weighted by atomic mass is 10.3. The highest BCUT2D eigenvalue weighted by molar-refractivity contribution is 7.09. The Morgan fingerprint density at radius 1 is 1.48 bits per heavy atom. The molecule has 0 bridgehead atoms. The van der Waals surface area contributed by atoms with E-state index in [1.54, 1.807) is 14.0 Å². The second-order valence-electron chi connectivity index (χ2n) is 4.30. The van der Waals surface area contributed by atoms with Crippen molar-refractivity contribution in [2.24, 2.45) is 7.05 Å². The second-order valence-corrected chi connectivity index (χ2v) is 5.95. The molecule has 0 saturated heterocycles. The van der Waals surface area contributed by atoms with Gasteiger partial charge in [-0.15, -0.1) is 11.3 Å². The van der Waals surface area contributed by atoms with Crippen LogP contribution in [0.2, 0.25) is 10.2 Å². The first kappa shape index (κ1) is 15.8. The lowest BCUT2D eigenvalue weighted by Crippen LogP contribution is -2.28. The number of rotatable bonds is 4. The van der Waals surface area contributed by atoms with Crippen LogP contribution < -0.4 is 5.32 Å². The minimum absolute atomic E-state index is 0.0407. The van der Waals surface area contributed by atoms with Crippen LogP contribution in [0.4, 0.5) is 0 Å². The van der Waals surface area contributed by atoms with Crippen molar-refractivity contribution >= 4 is 46.4 Å². The zero-order valence-corrected chi connectivity index (χ0v) is 13.4. The number of hydrogen-bond donors (Lipinski definition) is 2. The average molecular weight is 348 g/mol. The summed E-state index contributed by atoms with van der Waals surface area (Å²) in [5.74, 6) is -1.47. The summed E-state index contributed by atoms with van der Waals surface area (Å²) in [5.41, 5.74) is 0.271. The van der Waals surface area contributed by atoms with Gasteiger partial charge in [-0.3, -0.25) is 4.79 Å². The highest BCUT2D eigenvalue weighted by atomic mass is 35.5. The molecule has 0 aliphatic rings. The summed E-state index contributed by atoms with van der Waals surface area (Å²) >= 11 is 12.9. The van der Waals surface area contributed by atoms with Crippen LogP contribution >= 0.6 is 34.5 Å². The summed E-state index contributed by atoms with van der Waals surface area (Å²) in [7, 11) is 1.62. The molecule has 0 saturated carbocycles. The molecule has 0 fully saturated rings. The molecule has 1 amide bonds. The normalized spacial score (nSPS) is 12.2. The first-order valence-electron chi connectivity index (χ1n) is 5.81. The van der Waals surface area contributed by atoms with Crippen molar-refractivity contribution in [2.45, 2.75) is 13.0 Å². The predicted molar refractivity (Wildman–Crippen MR) is 80.4 cm³/mol. The molecule has 0 aliphatic carbocycles. The fourth-order valence-electron chi connectivity index (χ4n) is 1.68. The van der Waals surface area contributed by atoms with Gasteiger partial charge in [-0.05, 0) is 13.0 Å². The number of aromatic carboxylic acids is 1. The molecule has 2 aromatic heterocycles. The summed E-state index contributed by atoms with van der Waals surface area (Å²) < 4.78 is 1.47. The lowest BCUT2D eigenvalue weighted by Gasteiger charge is -2.11. The maximum atomic E-state index is 12.2. The first-order valence-corrected chi connectivity index (χ1v) is 7.45. The largest absolute Gasteiger partial charge is 0.476 e. The molecule has 6 nitrogen and oxygen atoms in total. The fourth-order valence-corrected chi connectivity index (χ4v) is 2.85. The van der Waals surface area contributed by atoms with Gasteiger partial charge in [-0.25, -0.2) is 9.78 Å². The summed E-state index contributed by atoms with van der Waals surface area (Å²) in [4.78, 5) is 26.9. The van der Waals surface area contributed by atoms with Gasteiger partial charge in [0.05, 0.1) is 11.1 Å². The molecule has 0 radical (unpaired) electrons. The van der Waals surface area contributed by atoms with E-state index in [0.717, 1.165) is 0 Å². The zero-order chi connectivity index (χ0) is 15.7. The smallest absolute Gasteiger partial charge is 0.355 e. The monoisotopic (exact) mass is 347 g/mol. The van der Waals surface area contributed by atoms with Gasteiger partial charge in [0.2, 0.25) is 0 Å². The number of carbonyl (C=O) groups excluding carboxylic acids is 1. The number of aromatic nitrogens is 2. The van der Waals surface area contributed by atoms with E-state index in [0.29, 0.717) is 15.7 Å². The third-order valence-corrected chi connectivity index (χ3v) is 4.68. The van der Waals surface area contributed by atoms with Gasteiger partial charge in [-0.1, -0.05) is 23.2 Å². The van der Waals surface area contributed by atoms with Crippen molar-refractivity contribution in [2.75, 3.05) is 0 Å². The number of amides is 1. The Morgan fingerprint density at radius 3 is 2.62 bits per heavy atom. The van der Waals surface area contributed by atoms with E-state index in [-0.39, 0.29) is 16.8 Å². The maximum Gasteiger partial charge on any atom is 0.355 e. The number of carboxylic acid groups (broad SMARTS) is 1. The number of thiazole rings is 1. The molecule has 112 valence electrons. The van der Waals surface area contributed by atoms with Crippen LogP contribution in [-0.4, -0.2) is 26.5 Å². The average Bonchev–Trinajstić information content (AvgIpc) is 3.00. The number of carbonyl (C=O) groups is 2. The third kappa shape index (κ3) is 3.20. The summed E-state index contributed by atoms with van der Waals surface area (Å²) in [5, 5.41) is 14.1. The van der Waals surface area contributed by atoms with Crippen molar-refractivity contribution in [3.05, 3.63) is 38.0 Å². The van der Waals surface area contributed by atoms with E-state index in [1.807, 2.05) is 0 Å². The van der Waals surface area contributed by atoms with Crippen molar-refractivity contribution < 1.29 is 14.7 Å². The quantitative estimate of drug-likeness (QED) is 0.890. The Hall–Kier alpha value is -1.57.